The van der Waals surface area contributed by atoms with Crippen molar-refractivity contribution in [3.05, 3.63) is 0 Å². The second-order valence-corrected chi connectivity index (χ2v) is 3.72. The normalized spacial score (nSPS) is 27.9. The Morgan fingerprint density at radius 2 is 2.29 bits per heavy atom. The number of ether oxygens (including phenoxy) is 1. The number of nitrogens with zero attached hydrogens (tertiary/aromatic N) is 1. The largest absolute Gasteiger partial charge is 0.481 e. The van der Waals surface area contributed by atoms with Crippen LogP contribution < -0.4 is 0 Å². The highest BCUT2D eigenvalue weighted by Crippen LogP contribution is 2.29. The van der Waals surface area contributed by atoms with Crippen molar-refractivity contribution in [1.82, 2.24) is 4.90 Å². The summed E-state index contributed by atoms with van der Waals surface area (Å²) in [6, 6.07) is 0.350. The Labute approximate surface area is 81.6 Å². The van der Waals surface area contributed by atoms with Crippen LogP contribution in [0.5, 0.6) is 0 Å². The van der Waals surface area contributed by atoms with Crippen molar-refractivity contribution in [2.45, 2.75) is 31.4 Å². The Kier molecular flexibility index (Phi) is 2.41. The molecule has 1 amide bonds. The van der Waals surface area contributed by atoms with Crippen LogP contribution in [-0.2, 0) is 14.3 Å². The maximum absolute atomic E-state index is 11.7. The molecule has 1 aliphatic carbocycles. The van der Waals surface area contributed by atoms with Crippen molar-refractivity contribution < 1.29 is 19.4 Å². The first-order valence-electron chi connectivity index (χ1n) is 4.82. The van der Waals surface area contributed by atoms with E-state index in [0.29, 0.717) is 19.2 Å². The van der Waals surface area contributed by atoms with E-state index in [4.69, 9.17) is 9.84 Å². The van der Waals surface area contributed by atoms with Crippen molar-refractivity contribution in [2.24, 2.45) is 0 Å². The molecule has 1 atom stereocenters. The highest BCUT2D eigenvalue weighted by Gasteiger charge is 2.39. The standard InChI is InChI=1S/C9H13NO4/c11-8(12)5-7-9(13)10(3-4-14-7)6-1-2-6/h6-7H,1-5H2,(H,11,12). The first-order valence-corrected chi connectivity index (χ1v) is 4.82. The molecule has 0 aromatic rings. The topological polar surface area (TPSA) is 66.8 Å². The molecule has 2 aliphatic rings. The van der Waals surface area contributed by atoms with Gasteiger partial charge >= 0.3 is 5.97 Å². The molecule has 0 radical (unpaired) electrons. The van der Waals surface area contributed by atoms with Gasteiger partial charge in [-0.05, 0) is 12.8 Å². The van der Waals surface area contributed by atoms with Crippen molar-refractivity contribution in [1.29, 1.82) is 0 Å². The van der Waals surface area contributed by atoms with Crippen LogP contribution in [0.15, 0.2) is 0 Å². The first kappa shape index (κ1) is 9.45. The smallest absolute Gasteiger partial charge is 0.306 e. The van der Waals surface area contributed by atoms with E-state index in [1.165, 1.54) is 0 Å². The molecule has 1 aliphatic heterocycles. The van der Waals surface area contributed by atoms with Gasteiger partial charge in [0, 0.05) is 12.6 Å². The first-order chi connectivity index (χ1) is 6.68. The molecule has 0 bridgehead atoms. The molecule has 5 nitrogen and oxygen atoms in total. The van der Waals surface area contributed by atoms with Gasteiger partial charge in [0.1, 0.15) is 6.10 Å². The molecule has 1 unspecified atom stereocenters. The minimum Gasteiger partial charge on any atom is -0.481 e. The van der Waals surface area contributed by atoms with Gasteiger partial charge in [0.25, 0.3) is 5.91 Å². The number of hydrogen-bond donors (Lipinski definition) is 1. The maximum atomic E-state index is 11.7. The highest BCUT2D eigenvalue weighted by atomic mass is 16.5. The molecule has 0 spiro atoms. The van der Waals surface area contributed by atoms with Gasteiger partial charge in [0.2, 0.25) is 0 Å². The maximum Gasteiger partial charge on any atom is 0.306 e. The van der Waals surface area contributed by atoms with Gasteiger partial charge in [0.05, 0.1) is 13.0 Å². The fourth-order valence-corrected chi connectivity index (χ4v) is 1.71. The van der Waals surface area contributed by atoms with E-state index in [-0.39, 0.29) is 12.3 Å². The summed E-state index contributed by atoms with van der Waals surface area (Å²) in [5, 5.41) is 8.57. The number of carbonyl (C=O) groups excluding carboxylic acids is 1. The zero-order valence-corrected chi connectivity index (χ0v) is 7.81. The van der Waals surface area contributed by atoms with Crippen LogP contribution in [0.1, 0.15) is 19.3 Å². The van der Waals surface area contributed by atoms with Crippen molar-refractivity contribution in [2.75, 3.05) is 13.2 Å². The average Bonchev–Trinajstić information content (AvgIpc) is 2.91. The third kappa shape index (κ3) is 1.87. The Hall–Kier alpha value is -1.10. The Bertz CT molecular complexity index is 262. The average molecular weight is 199 g/mol. The number of morpholine rings is 1. The Morgan fingerprint density at radius 3 is 2.86 bits per heavy atom. The van der Waals surface area contributed by atoms with Crippen LogP contribution >= 0.6 is 0 Å². The molecule has 1 saturated heterocycles. The van der Waals surface area contributed by atoms with E-state index in [9.17, 15) is 9.59 Å². The van der Waals surface area contributed by atoms with Gasteiger partial charge in [-0.3, -0.25) is 9.59 Å². The third-order valence-corrected chi connectivity index (χ3v) is 2.56. The monoisotopic (exact) mass is 199 g/mol. The zero-order chi connectivity index (χ0) is 10.1. The predicted molar refractivity (Wildman–Crippen MR) is 46.7 cm³/mol. The summed E-state index contributed by atoms with van der Waals surface area (Å²) in [4.78, 5) is 23.9. The van der Waals surface area contributed by atoms with Gasteiger partial charge in [-0.1, -0.05) is 0 Å². The lowest BCUT2D eigenvalue weighted by molar-refractivity contribution is -0.160. The van der Waals surface area contributed by atoms with Crippen LogP contribution in [0.2, 0.25) is 0 Å². The van der Waals surface area contributed by atoms with E-state index in [2.05, 4.69) is 0 Å². The van der Waals surface area contributed by atoms with E-state index < -0.39 is 12.1 Å². The van der Waals surface area contributed by atoms with Crippen molar-refractivity contribution in [3.63, 3.8) is 0 Å². The van der Waals surface area contributed by atoms with E-state index in [1.54, 1.807) is 4.90 Å². The predicted octanol–water partition coefficient (Wildman–Crippen LogP) is -0.149. The van der Waals surface area contributed by atoms with Crippen LogP contribution in [-0.4, -0.2) is 47.2 Å². The molecule has 5 heteroatoms. The van der Waals surface area contributed by atoms with Gasteiger partial charge in [0.15, 0.2) is 0 Å². The SMILES string of the molecule is O=C(O)CC1OCCN(C2CC2)C1=O. The van der Waals surface area contributed by atoms with Crippen LogP contribution in [0, 0.1) is 0 Å². The van der Waals surface area contributed by atoms with Gasteiger partial charge in [-0.15, -0.1) is 0 Å². The van der Waals surface area contributed by atoms with Crippen LogP contribution in [0.4, 0.5) is 0 Å². The number of aliphatic carboxylic acids is 1. The summed E-state index contributed by atoms with van der Waals surface area (Å²) in [5.41, 5.74) is 0. The molecule has 14 heavy (non-hydrogen) atoms. The number of rotatable bonds is 3. The number of hydrogen-bond acceptors (Lipinski definition) is 3. The number of carbonyl (C=O) groups is 2. The molecule has 2 rings (SSSR count). The second kappa shape index (κ2) is 3.57. The lowest BCUT2D eigenvalue weighted by Gasteiger charge is -2.31. The molecule has 2 fully saturated rings. The van der Waals surface area contributed by atoms with E-state index >= 15 is 0 Å². The van der Waals surface area contributed by atoms with Crippen LogP contribution in [0.3, 0.4) is 0 Å². The van der Waals surface area contributed by atoms with E-state index in [0.717, 1.165) is 12.8 Å². The summed E-state index contributed by atoms with van der Waals surface area (Å²) >= 11 is 0. The van der Waals surface area contributed by atoms with E-state index in [1.807, 2.05) is 0 Å². The summed E-state index contributed by atoms with van der Waals surface area (Å²) in [6.45, 7) is 1.07. The lowest BCUT2D eigenvalue weighted by atomic mass is 10.2. The van der Waals surface area contributed by atoms with Gasteiger partial charge < -0.3 is 14.7 Å². The number of carboxylic acids is 1. The summed E-state index contributed by atoms with van der Waals surface area (Å²) in [6.07, 6.45) is 1.11. The molecule has 0 aromatic heterocycles. The Balaban J connectivity index is 1.97. The summed E-state index contributed by atoms with van der Waals surface area (Å²) < 4.78 is 5.14. The number of amides is 1. The van der Waals surface area contributed by atoms with Crippen molar-refractivity contribution in [3.8, 4) is 0 Å². The molecule has 1 heterocycles. The van der Waals surface area contributed by atoms with Gasteiger partial charge in [-0.2, -0.15) is 0 Å². The highest BCUT2D eigenvalue weighted by molar-refractivity contribution is 5.86. The quantitative estimate of drug-likeness (QED) is 0.686. The third-order valence-electron chi connectivity index (χ3n) is 2.56. The number of carboxylic acid groups (broad SMARTS) is 1. The van der Waals surface area contributed by atoms with Gasteiger partial charge in [-0.25, -0.2) is 0 Å². The summed E-state index contributed by atoms with van der Waals surface area (Å²) in [5.74, 6) is -1.14. The van der Waals surface area contributed by atoms with Crippen LogP contribution in [0.25, 0.3) is 0 Å². The molecule has 0 aromatic carbocycles. The van der Waals surface area contributed by atoms with Crippen molar-refractivity contribution >= 4 is 11.9 Å². The molecule has 78 valence electrons. The fourth-order valence-electron chi connectivity index (χ4n) is 1.71. The zero-order valence-electron chi connectivity index (χ0n) is 7.81. The lowest BCUT2D eigenvalue weighted by Crippen LogP contribution is -2.49. The molecule has 1 saturated carbocycles. The molecular weight excluding hydrogens is 186 g/mol. The summed E-state index contributed by atoms with van der Waals surface area (Å²) in [7, 11) is 0. The minimum atomic E-state index is -0.985. The minimum absolute atomic E-state index is 0.152. The molecule has 1 N–H and O–H groups in total. The fraction of sp³-hybridized carbons (Fsp3) is 0.778. The Morgan fingerprint density at radius 1 is 1.57 bits per heavy atom. The second-order valence-electron chi connectivity index (χ2n) is 3.72. The molecular formula is C9H13NO4.